The molecule has 1 N–H and O–H groups in total. The molecular weight excluding hydrogens is 286 g/mol. The molecule has 21 heavy (non-hydrogen) atoms. The lowest BCUT2D eigenvalue weighted by Gasteiger charge is -2.28. The molecule has 0 fully saturated rings. The zero-order chi connectivity index (χ0) is 14.8. The average molecular weight is 304 g/mol. The Hall–Kier alpha value is -1.87. The molecule has 1 unspecified atom stereocenters. The van der Waals surface area contributed by atoms with Gasteiger partial charge in [-0.1, -0.05) is 17.7 Å². The maximum atomic E-state index is 6.28. The van der Waals surface area contributed by atoms with Crippen molar-refractivity contribution in [2.24, 2.45) is 0 Å². The molecule has 0 bridgehead atoms. The Morgan fingerprint density at radius 3 is 2.90 bits per heavy atom. The number of halogens is 1. The van der Waals surface area contributed by atoms with Crippen LogP contribution in [0.2, 0.25) is 5.02 Å². The first-order valence-electron chi connectivity index (χ1n) is 7.01. The first kappa shape index (κ1) is 14.1. The molecule has 0 spiro atoms. The van der Waals surface area contributed by atoms with Gasteiger partial charge in [-0.25, -0.2) is 0 Å². The lowest BCUT2D eigenvalue weighted by atomic mass is 9.99. The summed E-state index contributed by atoms with van der Waals surface area (Å²) in [6.07, 6.45) is 0.893. The SMILES string of the molecule is COc1ccc2c(c1)C(Nc1cc(C)ccc1Cl)CCO2. The second kappa shape index (κ2) is 5.86. The Bertz CT molecular complexity index is 657. The van der Waals surface area contributed by atoms with E-state index in [2.05, 4.69) is 18.3 Å². The minimum absolute atomic E-state index is 0.170. The van der Waals surface area contributed by atoms with E-state index < -0.39 is 0 Å². The Balaban J connectivity index is 1.92. The van der Waals surface area contributed by atoms with E-state index in [1.165, 1.54) is 5.56 Å². The van der Waals surface area contributed by atoms with Gasteiger partial charge in [-0.05, 0) is 42.8 Å². The molecular formula is C17H18ClNO2. The van der Waals surface area contributed by atoms with Crippen LogP contribution in [-0.2, 0) is 0 Å². The van der Waals surface area contributed by atoms with Gasteiger partial charge < -0.3 is 14.8 Å². The van der Waals surface area contributed by atoms with E-state index in [0.717, 1.165) is 34.2 Å². The number of anilines is 1. The van der Waals surface area contributed by atoms with Gasteiger partial charge in [-0.3, -0.25) is 0 Å². The molecule has 2 aromatic carbocycles. The molecule has 0 radical (unpaired) electrons. The predicted molar refractivity (Wildman–Crippen MR) is 85.7 cm³/mol. The van der Waals surface area contributed by atoms with Gasteiger partial charge in [0.05, 0.1) is 30.5 Å². The fraction of sp³-hybridized carbons (Fsp3) is 0.294. The summed E-state index contributed by atoms with van der Waals surface area (Å²) in [7, 11) is 1.67. The van der Waals surface area contributed by atoms with Crippen molar-refractivity contribution in [1.29, 1.82) is 0 Å². The van der Waals surface area contributed by atoms with Crippen molar-refractivity contribution in [3.63, 3.8) is 0 Å². The zero-order valence-electron chi connectivity index (χ0n) is 12.2. The molecule has 4 heteroatoms. The lowest BCUT2D eigenvalue weighted by molar-refractivity contribution is 0.273. The highest BCUT2D eigenvalue weighted by Gasteiger charge is 2.22. The van der Waals surface area contributed by atoms with Gasteiger partial charge in [0.25, 0.3) is 0 Å². The van der Waals surface area contributed by atoms with Crippen LogP contribution >= 0.6 is 11.6 Å². The van der Waals surface area contributed by atoms with Crippen molar-refractivity contribution < 1.29 is 9.47 Å². The smallest absolute Gasteiger partial charge is 0.124 e. The van der Waals surface area contributed by atoms with Crippen LogP contribution in [0.1, 0.15) is 23.6 Å². The van der Waals surface area contributed by atoms with E-state index in [0.29, 0.717) is 6.61 Å². The molecule has 0 amide bonds. The normalized spacial score (nSPS) is 16.8. The van der Waals surface area contributed by atoms with E-state index in [1.54, 1.807) is 7.11 Å². The number of rotatable bonds is 3. The van der Waals surface area contributed by atoms with Crippen molar-refractivity contribution in [3.05, 3.63) is 52.5 Å². The number of ether oxygens (including phenoxy) is 2. The number of methoxy groups -OCH3 is 1. The summed E-state index contributed by atoms with van der Waals surface area (Å²) in [5.74, 6) is 1.74. The first-order chi connectivity index (χ1) is 10.2. The molecule has 1 heterocycles. The maximum Gasteiger partial charge on any atom is 0.124 e. The molecule has 0 aliphatic carbocycles. The van der Waals surface area contributed by atoms with Crippen LogP contribution in [0.15, 0.2) is 36.4 Å². The minimum atomic E-state index is 0.170. The topological polar surface area (TPSA) is 30.5 Å². The highest BCUT2D eigenvalue weighted by atomic mass is 35.5. The van der Waals surface area contributed by atoms with E-state index >= 15 is 0 Å². The molecule has 0 aromatic heterocycles. The van der Waals surface area contributed by atoms with E-state index in [4.69, 9.17) is 21.1 Å². The number of nitrogens with one attached hydrogen (secondary N) is 1. The third-order valence-electron chi connectivity index (χ3n) is 3.71. The zero-order valence-corrected chi connectivity index (χ0v) is 12.9. The van der Waals surface area contributed by atoms with Crippen LogP contribution in [-0.4, -0.2) is 13.7 Å². The fourth-order valence-electron chi connectivity index (χ4n) is 2.59. The van der Waals surface area contributed by atoms with Crippen LogP contribution < -0.4 is 14.8 Å². The predicted octanol–water partition coefficient (Wildman–Crippen LogP) is 4.59. The number of aryl methyl sites for hydroxylation is 1. The summed E-state index contributed by atoms with van der Waals surface area (Å²) in [6, 6.07) is 12.1. The molecule has 0 saturated carbocycles. The first-order valence-corrected chi connectivity index (χ1v) is 7.38. The van der Waals surface area contributed by atoms with E-state index in [-0.39, 0.29) is 6.04 Å². The van der Waals surface area contributed by atoms with Gasteiger partial charge in [0, 0.05) is 12.0 Å². The van der Waals surface area contributed by atoms with Gasteiger partial charge in [-0.15, -0.1) is 0 Å². The molecule has 3 rings (SSSR count). The van der Waals surface area contributed by atoms with Crippen LogP contribution in [0.5, 0.6) is 11.5 Å². The standard InChI is InChI=1S/C17H18ClNO2/c1-11-3-5-14(18)16(9-11)19-15-7-8-21-17-6-4-12(20-2)10-13(15)17/h3-6,9-10,15,19H,7-8H2,1-2H3. The third-order valence-corrected chi connectivity index (χ3v) is 4.04. The second-order valence-corrected chi connectivity index (χ2v) is 5.63. The summed E-state index contributed by atoms with van der Waals surface area (Å²) in [5, 5.41) is 4.26. The summed E-state index contributed by atoms with van der Waals surface area (Å²) in [4.78, 5) is 0. The van der Waals surface area contributed by atoms with Gasteiger partial charge in [0.1, 0.15) is 11.5 Å². The summed E-state index contributed by atoms with van der Waals surface area (Å²) in [5.41, 5.74) is 3.25. The molecule has 3 nitrogen and oxygen atoms in total. The monoisotopic (exact) mass is 303 g/mol. The van der Waals surface area contributed by atoms with Gasteiger partial charge in [0.2, 0.25) is 0 Å². The molecule has 0 saturated heterocycles. The van der Waals surface area contributed by atoms with Gasteiger partial charge >= 0.3 is 0 Å². The highest BCUT2D eigenvalue weighted by Crippen LogP contribution is 2.38. The van der Waals surface area contributed by atoms with Crippen LogP contribution in [0, 0.1) is 6.92 Å². The summed E-state index contributed by atoms with van der Waals surface area (Å²) in [6.45, 7) is 2.75. The Kier molecular flexibility index (Phi) is 3.93. The van der Waals surface area contributed by atoms with Crippen LogP contribution in [0.25, 0.3) is 0 Å². The number of benzene rings is 2. The van der Waals surface area contributed by atoms with Crippen LogP contribution in [0.3, 0.4) is 0 Å². The quantitative estimate of drug-likeness (QED) is 0.899. The van der Waals surface area contributed by atoms with E-state index in [1.807, 2.05) is 30.3 Å². The second-order valence-electron chi connectivity index (χ2n) is 5.22. The number of hydrogen-bond donors (Lipinski definition) is 1. The third kappa shape index (κ3) is 2.93. The highest BCUT2D eigenvalue weighted by molar-refractivity contribution is 6.33. The molecule has 1 aliphatic heterocycles. The van der Waals surface area contributed by atoms with E-state index in [9.17, 15) is 0 Å². The fourth-order valence-corrected chi connectivity index (χ4v) is 2.76. The van der Waals surface area contributed by atoms with Crippen molar-refractivity contribution in [3.8, 4) is 11.5 Å². The number of hydrogen-bond acceptors (Lipinski definition) is 3. The molecule has 1 atom stereocenters. The Morgan fingerprint density at radius 1 is 1.24 bits per heavy atom. The lowest BCUT2D eigenvalue weighted by Crippen LogP contribution is -2.20. The maximum absolute atomic E-state index is 6.28. The Morgan fingerprint density at radius 2 is 2.10 bits per heavy atom. The van der Waals surface area contributed by atoms with Gasteiger partial charge in [0.15, 0.2) is 0 Å². The summed E-state index contributed by atoms with van der Waals surface area (Å²) >= 11 is 6.28. The largest absolute Gasteiger partial charge is 0.497 e. The molecule has 110 valence electrons. The van der Waals surface area contributed by atoms with Crippen molar-refractivity contribution >= 4 is 17.3 Å². The minimum Gasteiger partial charge on any atom is -0.497 e. The van der Waals surface area contributed by atoms with Crippen LogP contribution in [0.4, 0.5) is 5.69 Å². The van der Waals surface area contributed by atoms with Crippen molar-refractivity contribution in [2.75, 3.05) is 19.0 Å². The molecule has 1 aliphatic rings. The molecule has 2 aromatic rings. The summed E-state index contributed by atoms with van der Waals surface area (Å²) < 4.78 is 11.0. The number of fused-ring (bicyclic) bond motifs is 1. The van der Waals surface area contributed by atoms with Gasteiger partial charge in [-0.2, -0.15) is 0 Å². The average Bonchev–Trinajstić information content (AvgIpc) is 2.51. The van der Waals surface area contributed by atoms with Crippen molar-refractivity contribution in [2.45, 2.75) is 19.4 Å². The van der Waals surface area contributed by atoms with Crippen molar-refractivity contribution in [1.82, 2.24) is 0 Å². The Labute approximate surface area is 129 Å².